The molecule has 0 saturated carbocycles. The molecule has 0 aliphatic rings. The van der Waals surface area contributed by atoms with Crippen molar-refractivity contribution in [3.05, 3.63) is 44.7 Å². The number of rotatable bonds is 7. The fourth-order valence-corrected chi connectivity index (χ4v) is 3.26. The van der Waals surface area contributed by atoms with Gasteiger partial charge in [0, 0.05) is 31.4 Å². The van der Waals surface area contributed by atoms with Crippen molar-refractivity contribution in [2.75, 3.05) is 18.9 Å². The van der Waals surface area contributed by atoms with Crippen molar-refractivity contribution in [2.24, 2.45) is 0 Å². The number of hydrogen-bond donors (Lipinski definition) is 1. The summed E-state index contributed by atoms with van der Waals surface area (Å²) in [5.41, 5.74) is 2.59. The Morgan fingerprint density at radius 2 is 2.25 bits per heavy atom. The Balaban J connectivity index is 1.98. The highest BCUT2D eigenvalue weighted by Crippen LogP contribution is 2.22. The van der Waals surface area contributed by atoms with Crippen LogP contribution in [0.25, 0.3) is 0 Å². The first kappa shape index (κ1) is 15.5. The van der Waals surface area contributed by atoms with E-state index >= 15 is 0 Å². The lowest BCUT2D eigenvalue weighted by Gasteiger charge is -2.18. The van der Waals surface area contributed by atoms with Crippen LogP contribution in [0.3, 0.4) is 0 Å². The monoisotopic (exact) mass is 353 g/mol. The summed E-state index contributed by atoms with van der Waals surface area (Å²) in [6, 6.07) is 6.33. The van der Waals surface area contributed by atoms with Crippen LogP contribution in [0.2, 0.25) is 0 Å². The molecule has 2 aromatic heterocycles. The predicted octanol–water partition coefficient (Wildman–Crippen LogP) is 4.36. The van der Waals surface area contributed by atoms with Gasteiger partial charge < -0.3 is 5.32 Å². The third-order valence-corrected chi connectivity index (χ3v) is 4.50. The van der Waals surface area contributed by atoms with Crippen LogP contribution < -0.4 is 5.32 Å². The minimum absolute atomic E-state index is 0.896. The first-order chi connectivity index (χ1) is 9.69. The summed E-state index contributed by atoms with van der Waals surface area (Å²) in [6.45, 7) is 4.97. The number of pyridine rings is 1. The highest BCUT2D eigenvalue weighted by molar-refractivity contribution is 9.11. The Hall–Kier alpha value is -0.910. The van der Waals surface area contributed by atoms with Gasteiger partial charge in [0.05, 0.1) is 3.79 Å². The number of anilines is 1. The van der Waals surface area contributed by atoms with Crippen LogP contribution in [0.15, 0.2) is 33.6 Å². The van der Waals surface area contributed by atoms with E-state index in [4.69, 9.17) is 0 Å². The van der Waals surface area contributed by atoms with E-state index in [9.17, 15) is 0 Å². The van der Waals surface area contributed by atoms with Gasteiger partial charge in [-0.3, -0.25) is 4.90 Å². The van der Waals surface area contributed by atoms with Crippen LogP contribution in [0.5, 0.6) is 0 Å². The number of halogens is 1. The Morgan fingerprint density at radius 3 is 2.95 bits per heavy atom. The molecule has 20 heavy (non-hydrogen) atoms. The van der Waals surface area contributed by atoms with Gasteiger partial charge in [0.2, 0.25) is 0 Å². The summed E-state index contributed by atoms with van der Waals surface area (Å²) >= 11 is 5.24. The molecule has 3 nitrogen and oxygen atoms in total. The summed E-state index contributed by atoms with van der Waals surface area (Å²) < 4.78 is 1.19. The zero-order valence-corrected chi connectivity index (χ0v) is 14.3. The highest BCUT2D eigenvalue weighted by atomic mass is 79.9. The standard InChI is InChI=1S/C15H20BrN3S/c1-3-6-17-15-13(5-4-7-18-15)10-19(2)9-12-8-14(16)20-11-12/h4-5,7-8,11H,3,6,9-10H2,1-2H3,(H,17,18). The van der Waals surface area contributed by atoms with Gasteiger partial charge in [-0.15, -0.1) is 11.3 Å². The second-order valence-electron chi connectivity index (χ2n) is 4.87. The summed E-state index contributed by atoms with van der Waals surface area (Å²) in [5.74, 6) is 1.01. The number of thiophene rings is 1. The van der Waals surface area contributed by atoms with Crippen molar-refractivity contribution in [2.45, 2.75) is 26.4 Å². The van der Waals surface area contributed by atoms with Crippen LogP contribution in [0.4, 0.5) is 5.82 Å². The highest BCUT2D eigenvalue weighted by Gasteiger charge is 2.07. The summed E-state index contributed by atoms with van der Waals surface area (Å²) in [6.07, 6.45) is 2.95. The van der Waals surface area contributed by atoms with Gasteiger partial charge in [0.25, 0.3) is 0 Å². The first-order valence-electron chi connectivity index (χ1n) is 6.78. The second kappa shape index (κ2) is 7.76. The molecule has 2 aromatic rings. The van der Waals surface area contributed by atoms with Crippen molar-refractivity contribution in [3.63, 3.8) is 0 Å². The van der Waals surface area contributed by atoms with E-state index in [0.717, 1.165) is 31.9 Å². The molecule has 2 heterocycles. The third kappa shape index (κ3) is 4.58. The smallest absolute Gasteiger partial charge is 0.130 e. The molecule has 1 N–H and O–H groups in total. The SMILES string of the molecule is CCCNc1ncccc1CN(C)Cc1csc(Br)c1. The maximum Gasteiger partial charge on any atom is 0.130 e. The van der Waals surface area contributed by atoms with E-state index in [1.165, 1.54) is 14.9 Å². The normalized spacial score (nSPS) is 11.0. The fraction of sp³-hybridized carbons (Fsp3) is 0.400. The topological polar surface area (TPSA) is 28.2 Å². The molecule has 0 radical (unpaired) electrons. The molecule has 0 aliphatic heterocycles. The number of nitrogens with zero attached hydrogens (tertiary/aromatic N) is 2. The van der Waals surface area contributed by atoms with E-state index in [2.05, 4.69) is 62.6 Å². The summed E-state index contributed by atoms with van der Waals surface area (Å²) in [7, 11) is 2.14. The van der Waals surface area contributed by atoms with Gasteiger partial charge in [0.1, 0.15) is 5.82 Å². The molecular weight excluding hydrogens is 334 g/mol. The van der Waals surface area contributed by atoms with Crippen molar-refractivity contribution >= 4 is 33.1 Å². The van der Waals surface area contributed by atoms with Gasteiger partial charge in [-0.1, -0.05) is 13.0 Å². The number of aromatic nitrogens is 1. The minimum Gasteiger partial charge on any atom is -0.370 e. The van der Waals surface area contributed by atoms with Gasteiger partial charge in [0.15, 0.2) is 0 Å². The average molecular weight is 354 g/mol. The van der Waals surface area contributed by atoms with Crippen LogP contribution in [-0.4, -0.2) is 23.5 Å². The van der Waals surface area contributed by atoms with Crippen molar-refractivity contribution < 1.29 is 0 Å². The second-order valence-corrected chi connectivity index (χ2v) is 7.16. The molecule has 2 rings (SSSR count). The van der Waals surface area contributed by atoms with Gasteiger partial charge in [-0.05, 0) is 52.5 Å². The summed E-state index contributed by atoms with van der Waals surface area (Å²) in [5, 5.41) is 5.59. The number of nitrogens with one attached hydrogen (secondary N) is 1. The Labute approximate surface area is 133 Å². The Kier molecular flexibility index (Phi) is 6.01. The lowest BCUT2D eigenvalue weighted by Crippen LogP contribution is -2.18. The Bertz CT molecular complexity index is 541. The van der Waals surface area contributed by atoms with E-state index in [1.807, 2.05) is 12.3 Å². The van der Waals surface area contributed by atoms with E-state index < -0.39 is 0 Å². The maximum atomic E-state index is 4.44. The molecule has 0 amide bonds. The quantitative estimate of drug-likeness (QED) is 0.801. The predicted molar refractivity (Wildman–Crippen MR) is 90.2 cm³/mol. The third-order valence-electron chi connectivity index (χ3n) is 2.95. The molecule has 0 saturated heterocycles. The van der Waals surface area contributed by atoms with Crippen molar-refractivity contribution in [3.8, 4) is 0 Å². The summed E-state index contributed by atoms with van der Waals surface area (Å²) in [4.78, 5) is 6.75. The minimum atomic E-state index is 0.896. The lowest BCUT2D eigenvalue weighted by atomic mass is 10.2. The van der Waals surface area contributed by atoms with Crippen molar-refractivity contribution in [1.29, 1.82) is 0 Å². The van der Waals surface area contributed by atoms with Crippen LogP contribution in [-0.2, 0) is 13.1 Å². The molecular formula is C15H20BrN3S. The molecule has 0 fully saturated rings. The molecule has 0 spiro atoms. The van der Waals surface area contributed by atoms with Crippen LogP contribution in [0.1, 0.15) is 24.5 Å². The van der Waals surface area contributed by atoms with Gasteiger partial charge in [-0.2, -0.15) is 0 Å². The van der Waals surface area contributed by atoms with E-state index in [-0.39, 0.29) is 0 Å². The number of hydrogen-bond acceptors (Lipinski definition) is 4. The molecule has 0 atom stereocenters. The van der Waals surface area contributed by atoms with Gasteiger partial charge >= 0.3 is 0 Å². The van der Waals surface area contributed by atoms with E-state index in [1.54, 1.807) is 11.3 Å². The Morgan fingerprint density at radius 1 is 1.40 bits per heavy atom. The molecule has 0 aromatic carbocycles. The largest absolute Gasteiger partial charge is 0.370 e. The van der Waals surface area contributed by atoms with E-state index in [0.29, 0.717) is 0 Å². The van der Waals surface area contributed by atoms with Crippen molar-refractivity contribution in [1.82, 2.24) is 9.88 Å². The first-order valence-corrected chi connectivity index (χ1v) is 8.45. The molecule has 108 valence electrons. The maximum absolute atomic E-state index is 4.44. The molecule has 0 unspecified atom stereocenters. The average Bonchev–Trinajstić information content (AvgIpc) is 2.83. The van der Waals surface area contributed by atoms with Crippen LogP contribution >= 0.6 is 27.3 Å². The lowest BCUT2D eigenvalue weighted by molar-refractivity contribution is 0.319. The zero-order chi connectivity index (χ0) is 14.4. The molecule has 0 aliphatic carbocycles. The van der Waals surface area contributed by atoms with Gasteiger partial charge in [-0.25, -0.2) is 4.98 Å². The van der Waals surface area contributed by atoms with Crippen LogP contribution in [0, 0.1) is 0 Å². The molecule has 5 heteroatoms. The fourth-order valence-electron chi connectivity index (χ4n) is 2.06. The molecule has 0 bridgehead atoms. The zero-order valence-electron chi connectivity index (χ0n) is 11.9.